The predicted octanol–water partition coefficient (Wildman–Crippen LogP) is 24.8. The molecule has 0 bridgehead atoms. The lowest BCUT2D eigenvalue weighted by Gasteiger charge is -2.18. The van der Waals surface area contributed by atoms with E-state index in [0.717, 1.165) is 96.3 Å². The summed E-state index contributed by atoms with van der Waals surface area (Å²) in [7, 11) is 0. The van der Waals surface area contributed by atoms with Gasteiger partial charge in [0.1, 0.15) is 13.2 Å². The van der Waals surface area contributed by atoms with Crippen LogP contribution >= 0.6 is 0 Å². The average Bonchev–Trinajstić information content (AvgIpc) is 3.47. The van der Waals surface area contributed by atoms with E-state index in [1.165, 1.54) is 238 Å². The highest BCUT2D eigenvalue weighted by atomic mass is 16.6. The van der Waals surface area contributed by atoms with Crippen molar-refractivity contribution in [2.75, 3.05) is 13.2 Å². The van der Waals surface area contributed by atoms with E-state index in [4.69, 9.17) is 14.2 Å². The number of carbonyl (C=O) groups excluding carboxylic acids is 3. The summed E-state index contributed by atoms with van der Waals surface area (Å²) in [4.78, 5) is 38.5. The molecule has 0 N–H and O–H groups in total. The molecule has 0 saturated carbocycles. The van der Waals surface area contributed by atoms with E-state index in [0.29, 0.717) is 19.3 Å². The van der Waals surface area contributed by atoms with E-state index in [1.54, 1.807) is 0 Å². The predicted molar refractivity (Wildman–Crippen MR) is 358 cm³/mol. The summed E-state index contributed by atoms with van der Waals surface area (Å²) in [5, 5.41) is 0. The first kappa shape index (κ1) is 78.8. The fourth-order valence-electron chi connectivity index (χ4n) is 10.6. The minimum Gasteiger partial charge on any atom is -0.462 e. The van der Waals surface area contributed by atoms with Crippen LogP contribution in [-0.4, -0.2) is 37.2 Å². The molecule has 1 unspecified atom stereocenters. The lowest BCUT2D eigenvalue weighted by Crippen LogP contribution is -2.30. The SMILES string of the molecule is CC/C=C\C/C=C\C/C=C\C/C=C\C/C=C\C/C=C\CCCCCCCCCCCCC(=O)OCC(COC(=O)CCCCCCCCCCCCCCCCCCC)OC(=O)CCCCCCCCCCCCCCCCCCCC. The number of unbranched alkanes of at least 4 members (excludes halogenated alkanes) is 43. The summed E-state index contributed by atoms with van der Waals surface area (Å²) in [6.07, 6.45) is 92.1. The molecule has 0 fully saturated rings. The molecule has 6 nitrogen and oxygen atoms in total. The fourth-order valence-corrected chi connectivity index (χ4v) is 10.6. The molecule has 0 aromatic carbocycles. The van der Waals surface area contributed by atoms with Crippen molar-refractivity contribution in [1.29, 1.82) is 0 Å². The van der Waals surface area contributed by atoms with Crippen molar-refractivity contribution in [1.82, 2.24) is 0 Å². The fraction of sp³-hybridized carbons (Fsp3) is 0.803. The Morgan fingerprint density at radius 2 is 0.476 bits per heavy atom. The third kappa shape index (κ3) is 67.6. The van der Waals surface area contributed by atoms with Crippen LogP contribution in [0.5, 0.6) is 0 Å². The number of allylic oxidation sites excluding steroid dienone is 12. The third-order valence-electron chi connectivity index (χ3n) is 16.0. The molecule has 476 valence electrons. The largest absolute Gasteiger partial charge is 0.462 e. The summed E-state index contributed by atoms with van der Waals surface area (Å²) < 4.78 is 17.0. The van der Waals surface area contributed by atoms with Gasteiger partial charge in [-0.2, -0.15) is 0 Å². The first-order valence-electron chi connectivity index (χ1n) is 35.9. The zero-order valence-electron chi connectivity index (χ0n) is 54.8. The van der Waals surface area contributed by atoms with E-state index >= 15 is 0 Å². The minimum atomic E-state index is -0.775. The molecule has 6 heteroatoms. The molecular formula is C76H136O6. The second kappa shape index (κ2) is 70.3. The molecule has 0 heterocycles. The Labute approximate surface area is 510 Å². The Morgan fingerprint density at radius 3 is 0.744 bits per heavy atom. The summed E-state index contributed by atoms with van der Waals surface area (Å²) in [5.41, 5.74) is 0. The Kier molecular flexibility index (Phi) is 67.6. The Morgan fingerprint density at radius 1 is 0.256 bits per heavy atom. The van der Waals surface area contributed by atoms with Crippen LogP contribution in [0.3, 0.4) is 0 Å². The van der Waals surface area contributed by atoms with Crippen molar-refractivity contribution in [2.24, 2.45) is 0 Å². The van der Waals surface area contributed by atoms with Gasteiger partial charge in [-0.1, -0.05) is 357 Å². The summed E-state index contributed by atoms with van der Waals surface area (Å²) in [6.45, 7) is 6.59. The van der Waals surface area contributed by atoms with Gasteiger partial charge in [0, 0.05) is 19.3 Å². The smallest absolute Gasteiger partial charge is 0.306 e. The standard InChI is InChI=1S/C76H136O6/c1-4-7-10-13-16-19-22-25-28-31-33-34-35-36-37-38-39-40-41-42-43-46-48-51-54-57-60-63-66-69-75(78)81-72-73(71-80-74(77)68-65-62-59-56-53-50-47-44-30-27-24-21-18-15-12-9-6-3)82-76(79)70-67-64-61-58-55-52-49-45-32-29-26-23-20-17-14-11-8-5-2/h7,10,16,19,25,28,33-34,36-37,39-40,73H,4-6,8-9,11-15,17-18,20-24,26-27,29-32,35,38,41-72H2,1-3H3/b10-7-,19-16-,28-25-,34-33-,37-36-,40-39-. The van der Waals surface area contributed by atoms with Crippen LogP contribution in [0.4, 0.5) is 0 Å². The van der Waals surface area contributed by atoms with Crippen LogP contribution < -0.4 is 0 Å². The van der Waals surface area contributed by atoms with Gasteiger partial charge in [0.2, 0.25) is 0 Å². The van der Waals surface area contributed by atoms with Gasteiger partial charge < -0.3 is 14.2 Å². The molecule has 1 atom stereocenters. The van der Waals surface area contributed by atoms with Crippen molar-refractivity contribution in [3.63, 3.8) is 0 Å². The van der Waals surface area contributed by atoms with Crippen molar-refractivity contribution >= 4 is 17.9 Å². The Balaban J connectivity index is 4.29. The molecule has 0 aliphatic rings. The lowest BCUT2D eigenvalue weighted by atomic mass is 10.0. The molecule has 0 spiro atoms. The molecule has 0 radical (unpaired) electrons. The van der Waals surface area contributed by atoms with Crippen LogP contribution in [0.2, 0.25) is 0 Å². The molecule has 0 aromatic heterocycles. The van der Waals surface area contributed by atoms with E-state index in [9.17, 15) is 14.4 Å². The summed E-state index contributed by atoms with van der Waals surface area (Å²) in [6, 6.07) is 0. The van der Waals surface area contributed by atoms with Crippen molar-refractivity contribution in [3.8, 4) is 0 Å². The highest BCUT2D eigenvalue weighted by molar-refractivity contribution is 5.71. The van der Waals surface area contributed by atoms with Crippen LogP contribution in [0.15, 0.2) is 72.9 Å². The molecule has 0 aliphatic heterocycles. The minimum absolute atomic E-state index is 0.0700. The van der Waals surface area contributed by atoms with Crippen LogP contribution in [0.25, 0.3) is 0 Å². The number of hydrogen-bond donors (Lipinski definition) is 0. The molecule has 82 heavy (non-hydrogen) atoms. The van der Waals surface area contributed by atoms with E-state index in [1.807, 2.05) is 0 Å². The van der Waals surface area contributed by atoms with E-state index in [-0.39, 0.29) is 31.1 Å². The van der Waals surface area contributed by atoms with E-state index in [2.05, 4.69) is 93.7 Å². The quantitative estimate of drug-likeness (QED) is 0.0261. The number of rotatable bonds is 66. The first-order chi connectivity index (χ1) is 40.5. The van der Waals surface area contributed by atoms with Gasteiger partial charge >= 0.3 is 17.9 Å². The zero-order chi connectivity index (χ0) is 59.2. The van der Waals surface area contributed by atoms with Gasteiger partial charge in [0.05, 0.1) is 0 Å². The Bertz CT molecular complexity index is 1500. The van der Waals surface area contributed by atoms with E-state index < -0.39 is 6.10 Å². The number of carbonyl (C=O) groups is 3. The zero-order valence-corrected chi connectivity index (χ0v) is 54.8. The maximum absolute atomic E-state index is 13.0. The molecule has 0 amide bonds. The maximum atomic E-state index is 13.0. The average molecular weight is 1150 g/mol. The normalized spacial score (nSPS) is 12.5. The van der Waals surface area contributed by atoms with Gasteiger partial charge in [0.25, 0.3) is 0 Å². The second-order valence-electron chi connectivity index (χ2n) is 24.1. The monoisotopic (exact) mass is 1150 g/mol. The number of ether oxygens (including phenoxy) is 3. The second-order valence-corrected chi connectivity index (χ2v) is 24.1. The van der Waals surface area contributed by atoms with Crippen molar-refractivity contribution in [2.45, 2.75) is 380 Å². The van der Waals surface area contributed by atoms with Gasteiger partial charge in [-0.15, -0.1) is 0 Å². The van der Waals surface area contributed by atoms with Crippen molar-refractivity contribution in [3.05, 3.63) is 72.9 Å². The highest BCUT2D eigenvalue weighted by Gasteiger charge is 2.19. The van der Waals surface area contributed by atoms with Crippen LogP contribution in [0.1, 0.15) is 374 Å². The van der Waals surface area contributed by atoms with Crippen LogP contribution in [-0.2, 0) is 28.6 Å². The van der Waals surface area contributed by atoms with Crippen LogP contribution in [0, 0.1) is 0 Å². The summed E-state index contributed by atoms with van der Waals surface area (Å²) in [5.74, 6) is -0.847. The molecular weight excluding hydrogens is 1010 g/mol. The maximum Gasteiger partial charge on any atom is 0.306 e. The summed E-state index contributed by atoms with van der Waals surface area (Å²) >= 11 is 0. The first-order valence-corrected chi connectivity index (χ1v) is 35.9. The third-order valence-corrected chi connectivity index (χ3v) is 16.0. The van der Waals surface area contributed by atoms with Gasteiger partial charge in [-0.3, -0.25) is 14.4 Å². The topological polar surface area (TPSA) is 78.9 Å². The Hall–Kier alpha value is -3.15. The van der Waals surface area contributed by atoms with Gasteiger partial charge in [-0.05, 0) is 70.6 Å². The molecule has 0 aliphatic carbocycles. The van der Waals surface area contributed by atoms with Gasteiger partial charge in [0.15, 0.2) is 6.10 Å². The van der Waals surface area contributed by atoms with Gasteiger partial charge in [-0.25, -0.2) is 0 Å². The lowest BCUT2D eigenvalue weighted by molar-refractivity contribution is -0.167. The molecule has 0 saturated heterocycles. The molecule has 0 aromatic rings. The number of hydrogen-bond acceptors (Lipinski definition) is 6. The van der Waals surface area contributed by atoms with Crippen molar-refractivity contribution < 1.29 is 28.6 Å². The highest BCUT2D eigenvalue weighted by Crippen LogP contribution is 2.18. The number of esters is 3. The molecule has 0 rings (SSSR count).